The first-order valence-electron chi connectivity index (χ1n) is 4.82. The van der Waals surface area contributed by atoms with Gasteiger partial charge >= 0.3 is 0 Å². The number of aryl methyl sites for hydroxylation is 2. The van der Waals surface area contributed by atoms with Gasteiger partial charge in [0.1, 0.15) is 5.82 Å². The molecule has 0 aliphatic carbocycles. The van der Waals surface area contributed by atoms with Crippen molar-refractivity contribution >= 4 is 15.9 Å². The largest absolute Gasteiger partial charge is 0.318 e. The number of halogens is 1. The molecule has 5 nitrogen and oxygen atoms in total. The van der Waals surface area contributed by atoms with Crippen molar-refractivity contribution in [2.45, 2.75) is 13.0 Å². The lowest BCUT2D eigenvalue weighted by atomic mass is 10.1. The molecule has 0 bridgehead atoms. The first kappa shape index (κ1) is 11.2. The molecule has 2 aromatic rings. The van der Waals surface area contributed by atoms with Gasteiger partial charge < -0.3 is 5.73 Å². The van der Waals surface area contributed by atoms with Crippen molar-refractivity contribution in [2.24, 2.45) is 12.8 Å². The minimum atomic E-state index is -0.302. The average Bonchev–Trinajstić information content (AvgIpc) is 2.58. The first-order chi connectivity index (χ1) is 7.59. The minimum Gasteiger partial charge on any atom is -0.318 e. The van der Waals surface area contributed by atoms with Gasteiger partial charge in [-0.25, -0.2) is 9.97 Å². The highest BCUT2D eigenvalue weighted by atomic mass is 79.9. The summed E-state index contributed by atoms with van der Waals surface area (Å²) in [6.07, 6.45) is 3.44. The Morgan fingerprint density at radius 2 is 2.25 bits per heavy atom. The topological polar surface area (TPSA) is 69.6 Å². The molecule has 2 aromatic heterocycles. The molecule has 2 N–H and O–H groups in total. The minimum absolute atomic E-state index is 0.302. The Morgan fingerprint density at radius 3 is 2.81 bits per heavy atom. The molecule has 2 heterocycles. The fourth-order valence-corrected chi connectivity index (χ4v) is 2.15. The van der Waals surface area contributed by atoms with Crippen LogP contribution in [0.1, 0.15) is 23.3 Å². The zero-order valence-corrected chi connectivity index (χ0v) is 10.6. The van der Waals surface area contributed by atoms with Crippen LogP contribution in [-0.4, -0.2) is 19.7 Å². The molecule has 0 fully saturated rings. The van der Waals surface area contributed by atoms with Gasteiger partial charge in [0.25, 0.3) is 0 Å². The molecule has 0 radical (unpaired) electrons. The van der Waals surface area contributed by atoms with E-state index in [2.05, 4.69) is 31.0 Å². The molecule has 1 atom stereocenters. The predicted molar refractivity (Wildman–Crippen MR) is 63.7 cm³/mol. The van der Waals surface area contributed by atoms with E-state index in [-0.39, 0.29) is 6.04 Å². The Kier molecular flexibility index (Phi) is 3.02. The Hall–Kier alpha value is -1.27. The monoisotopic (exact) mass is 281 g/mol. The maximum Gasteiger partial charge on any atom is 0.125 e. The maximum atomic E-state index is 6.15. The standard InChI is InChI=1S/C10H12BrN5/c1-6-13-4-3-8(15-6)9(12)10-7(11)5-14-16(10)2/h3-5,9H,12H2,1-2H3. The predicted octanol–water partition coefficient (Wildman–Crippen LogP) is 1.33. The second-order valence-corrected chi connectivity index (χ2v) is 4.36. The van der Waals surface area contributed by atoms with E-state index in [1.165, 1.54) is 0 Å². The Morgan fingerprint density at radius 1 is 1.50 bits per heavy atom. The van der Waals surface area contributed by atoms with E-state index in [0.717, 1.165) is 15.9 Å². The van der Waals surface area contributed by atoms with Gasteiger partial charge in [-0.15, -0.1) is 0 Å². The Bertz CT molecular complexity index is 488. The third-order valence-corrected chi connectivity index (χ3v) is 2.96. The van der Waals surface area contributed by atoms with Gasteiger partial charge in [-0.1, -0.05) is 0 Å². The SMILES string of the molecule is Cc1nccc(C(N)c2c(Br)cnn2C)n1. The average molecular weight is 282 g/mol. The van der Waals surface area contributed by atoms with Crippen LogP contribution in [0.5, 0.6) is 0 Å². The number of nitrogens with two attached hydrogens (primary N) is 1. The molecule has 0 amide bonds. The molecule has 0 saturated carbocycles. The molecule has 84 valence electrons. The smallest absolute Gasteiger partial charge is 0.125 e. The summed E-state index contributed by atoms with van der Waals surface area (Å²) in [6, 6.07) is 1.51. The van der Waals surface area contributed by atoms with Crippen molar-refractivity contribution in [1.29, 1.82) is 0 Å². The van der Waals surface area contributed by atoms with Gasteiger partial charge in [0.2, 0.25) is 0 Å². The number of aromatic nitrogens is 4. The number of hydrogen-bond donors (Lipinski definition) is 1. The summed E-state index contributed by atoms with van der Waals surface area (Å²) in [7, 11) is 1.86. The summed E-state index contributed by atoms with van der Waals surface area (Å²) in [5.74, 6) is 0.714. The molecule has 0 aliphatic heterocycles. The fraction of sp³-hybridized carbons (Fsp3) is 0.300. The fourth-order valence-electron chi connectivity index (χ4n) is 1.56. The summed E-state index contributed by atoms with van der Waals surface area (Å²) in [5.41, 5.74) is 7.84. The zero-order chi connectivity index (χ0) is 11.7. The summed E-state index contributed by atoms with van der Waals surface area (Å²) in [5, 5.41) is 4.13. The summed E-state index contributed by atoms with van der Waals surface area (Å²) >= 11 is 3.43. The van der Waals surface area contributed by atoms with E-state index in [1.54, 1.807) is 17.1 Å². The lowest BCUT2D eigenvalue weighted by Crippen LogP contribution is -2.18. The molecule has 0 aromatic carbocycles. The normalized spacial score (nSPS) is 12.8. The number of hydrogen-bond acceptors (Lipinski definition) is 4. The van der Waals surface area contributed by atoms with Crippen LogP contribution in [-0.2, 0) is 7.05 Å². The Labute approximate surface area is 102 Å². The van der Waals surface area contributed by atoms with Gasteiger partial charge in [-0.2, -0.15) is 5.10 Å². The second kappa shape index (κ2) is 4.31. The van der Waals surface area contributed by atoms with Crippen molar-refractivity contribution in [3.63, 3.8) is 0 Å². The molecule has 16 heavy (non-hydrogen) atoms. The molecule has 2 rings (SSSR count). The highest BCUT2D eigenvalue weighted by Crippen LogP contribution is 2.24. The van der Waals surface area contributed by atoms with Crippen LogP contribution in [0.3, 0.4) is 0 Å². The van der Waals surface area contributed by atoms with Crippen molar-refractivity contribution in [2.75, 3.05) is 0 Å². The second-order valence-electron chi connectivity index (χ2n) is 3.51. The van der Waals surface area contributed by atoms with Crippen LogP contribution < -0.4 is 5.73 Å². The molecule has 6 heteroatoms. The highest BCUT2D eigenvalue weighted by molar-refractivity contribution is 9.10. The van der Waals surface area contributed by atoms with Crippen LogP contribution in [0.25, 0.3) is 0 Å². The van der Waals surface area contributed by atoms with Gasteiger partial charge in [0, 0.05) is 13.2 Å². The van der Waals surface area contributed by atoms with Crippen molar-refractivity contribution in [1.82, 2.24) is 19.7 Å². The van der Waals surface area contributed by atoms with E-state index < -0.39 is 0 Å². The van der Waals surface area contributed by atoms with E-state index >= 15 is 0 Å². The highest BCUT2D eigenvalue weighted by Gasteiger charge is 2.17. The molecule has 0 saturated heterocycles. The van der Waals surface area contributed by atoms with E-state index in [4.69, 9.17) is 5.73 Å². The van der Waals surface area contributed by atoms with Crippen LogP contribution in [0.4, 0.5) is 0 Å². The third-order valence-electron chi connectivity index (χ3n) is 2.35. The van der Waals surface area contributed by atoms with Gasteiger partial charge in [0.05, 0.1) is 28.1 Å². The number of nitrogens with zero attached hydrogens (tertiary/aromatic N) is 4. The van der Waals surface area contributed by atoms with Gasteiger partial charge in [-0.3, -0.25) is 4.68 Å². The van der Waals surface area contributed by atoms with Crippen LogP contribution in [0.15, 0.2) is 22.9 Å². The van der Waals surface area contributed by atoms with Crippen LogP contribution >= 0.6 is 15.9 Å². The van der Waals surface area contributed by atoms with E-state index in [1.807, 2.05) is 20.0 Å². The molecular weight excluding hydrogens is 270 g/mol. The van der Waals surface area contributed by atoms with E-state index in [0.29, 0.717) is 5.82 Å². The van der Waals surface area contributed by atoms with Gasteiger partial charge in [-0.05, 0) is 28.9 Å². The summed E-state index contributed by atoms with van der Waals surface area (Å²) in [6.45, 7) is 1.84. The van der Waals surface area contributed by atoms with Crippen LogP contribution in [0, 0.1) is 6.92 Å². The van der Waals surface area contributed by atoms with Crippen LogP contribution in [0.2, 0.25) is 0 Å². The molecular formula is C10H12BrN5. The van der Waals surface area contributed by atoms with Crippen molar-refractivity contribution in [3.05, 3.63) is 40.1 Å². The quantitative estimate of drug-likeness (QED) is 0.902. The molecule has 0 spiro atoms. The van der Waals surface area contributed by atoms with Crippen molar-refractivity contribution < 1.29 is 0 Å². The maximum absolute atomic E-state index is 6.15. The zero-order valence-electron chi connectivity index (χ0n) is 9.05. The summed E-state index contributed by atoms with van der Waals surface area (Å²) < 4.78 is 2.63. The molecule has 1 unspecified atom stereocenters. The Balaban J connectivity index is 2.43. The summed E-state index contributed by atoms with van der Waals surface area (Å²) in [4.78, 5) is 8.36. The van der Waals surface area contributed by atoms with Gasteiger partial charge in [0.15, 0.2) is 0 Å². The molecule has 0 aliphatic rings. The lowest BCUT2D eigenvalue weighted by molar-refractivity contribution is 0.659. The third kappa shape index (κ3) is 1.98. The first-order valence-corrected chi connectivity index (χ1v) is 5.61. The lowest BCUT2D eigenvalue weighted by Gasteiger charge is -2.12. The van der Waals surface area contributed by atoms with Crippen molar-refractivity contribution in [3.8, 4) is 0 Å². The van der Waals surface area contributed by atoms with E-state index in [9.17, 15) is 0 Å². The number of rotatable bonds is 2.